The van der Waals surface area contributed by atoms with Gasteiger partial charge < -0.3 is 4.90 Å². The van der Waals surface area contributed by atoms with E-state index < -0.39 is 11.7 Å². The van der Waals surface area contributed by atoms with E-state index in [2.05, 4.69) is 10.1 Å². The van der Waals surface area contributed by atoms with Crippen LogP contribution < -0.4 is 9.70 Å². The summed E-state index contributed by atoms with van der Waals surface area (Å²) in [5.74, 6) is 0. The molecule has 0 N–H and O–H groups in total. The molecular formula is C31H25F3N4S. The van der Waals surface area contributed by atoms with Crippen LogP contribution in [0.3, 0.4) is 0 Å². The van der Waals surface area contributed by atoms with Crippen LogP contribution in [0.4, 0.5) is 24.5 Å². The molecule has 0 aliphatic heterocycles. The van der Waals surface area contributed by atoms with Crippen molar-refractivity contribution < 1.29 is 13.2 Å². The summed E-state index contributed by atoms with van der Waals surface area (Å²) >= 11 is 1.24. The zero-order valence-electron chi connectivity index (χ0n) is 21.3. The van der Waals surface area contributed by atoms with Crippen LogP contribution in [-0.2, 0) is 6.18 Å². The number of hydrogen-bond acceptors (Lipinski definition) is 4. The van der Waals surface area contributed by atoms with Crippen molar-refractivity contribution in [3.63, 3.8) is 0 Å². The predicted octanol–water partition coefficient (Wildman–Crippen LogP) is 8.08. The van der Waals surface area contributed by atoms with Crippen LogP contribution in [0.1, 0.15) is 11.1 Å². The molecule has 1 aromatic heterocycles. The molecule has 1 heterocycles. The standard InChI is InChI=1S/C31H25F3N4S/c1-37(2)26-18-12-22(13-19-26)20-35-38-29(25-16-14-24(15-17-25)23-8-4-3-5-9-23)21-39-30(38)36-28-11-7-6-10-27(28)31(32,33)34/h3-21H,1-2H3. The third kappa shape index (κ3) is 6.02. The molecule has 5 aromatic rings. The van der Waals surface area contributed by atoms with Crippen molar-refractivity contribution in [2.24, 2.45) is 10.1 Å². The summed E-state index contributed by atoms with van der Waals surface area (Å²) in [6.45, 7) is 0. The molecular weight excluding hydrogens is 517 g/mol. The second-order valence-electron chi connectivity index (χ2n) is 9.02. The van der Waals surface area contributed by atoms with Crippen molar-refractivity contribution in [1.82, 2.24) is 4.68 Å². The van der Waals surface area contributed by atoms with Crippen molar-refractivity contribution in [1.29, 1.82) is 0 Å². The minimum Gasteiger partial charge on any atom is -0.378 e. The Balaban J connectivity index is 1.60. The van der Waals surface area contributed by atoms with Crippen LogP contribution in [-0.4, -0.2) is 25.0 Å². The van der Waals surface area contributed by atoms with Crippen molar-refractivity contribution in [3.05, 3.63) is 124 Å². The lowest BCUT2D eigenvalue weighted by atomic mass is 10.0. The molecule has 0 spiro atoms. The Morgan fingerprint density at radius 2 is 1.36 bits per heavy atom. The Hall–Kier alpha value is -4.43. The van der Waals surface area contributed by atoms with Gasteiger partial charge in [-0.2, -0.15) is 18.3 Å². The number of rotatable bonds is 6. The van der Waals surface area contributed by atoms with E-state index >= 15 is 0 Å². The molecule has 0 aliphatic rings. The molecule has 0 bridgehead atoms. The molecule has 0 unspecified atom stereocenters. The zero-order valence-corrected chi connectivity index (χ0v) is 22.1. The maximum absolute atomic E-state index is 13.7. The van der Waals surface area contributed by atoms with Crippen LogP contribution in [0.25, 0.3) is 22.4 Å². The van der Waals surface area contributed by atoms with Gasteiger partial charge in [0.25, 0.3) is 0 Å². The van der Waals surface area contributed by atoms with Crippen molar-refractivity contribution in [2.45, 2.75) is 6.18 Å². The summed E-state index contributed by atoms with van der Waals surface area (Å²) in [5, 5.41) is 6.53. The van der Waals surface area contributed by atoms with Gasteiger partial charge in [-0.3, -0.25) is 0 Å². The minimum absolute atomic E-state index is 0.155. The highest BCUT2D eigenvalue weighted by Crippen LogP contribution is 2.36. The number of hydrogen-bond donors (Lipinski definition) is 0. The van der Waals surface area contributed by atoms with Gasteiger partial charge in [0, 0.05) is 30.7 Å². The maximum atomic E-state index is 13.7. The molecule has 4 aromatic carbocycles. The quantitative estimate of drug-likeness (QED) is 0.200. The summed E-state index contributed by atoms with van der Waals surface area (Å²) in [5.41, 5.74) is 4.72. The van der Waals surface area contributed by atoms with E-state index in [0.29, 0.717) is 4.80 Å². The second-order valence-corrected chi connectivity index (χ2v) is 9.85. The van der Waals surface area contributed by atoms with Gasteiger partial charge in [0.15, 0.2) is 0 Å². The van der Waals surface area contributed by atoms with Crippen LogP contribution >= 0.6 is 11.3 Å². The molecule has 4 nitrogen and oxygen atoms in total. The molecule has 5 rings (SSSR count). The molecule has 0 atom stereocenters. The highest BCUT2D eigenvalue weighted by atomic mass is 32.1. The number of anilines is 1. The Morgan fingerprint density at radius 1 is 0.744 bits per heavy atom. The number of benzene rings is 4. The summed E-state index contributed by atoms with van der Waals surface area (Å²) in [6, 6.07) is 31.2. The van der Waals surface area contributed by atoms with E-state index in [1.54, 1.807) is 17.0 Å². The fourth-order valence-corrected chi connectivity index (χ4v) is 4.90. The van der Waals surface area contributed by atoms with Gasteiger partial charge in [0.1, 0.15) is 0 Å². The van der Waals surface area contributed by atoms with Crippen LogP contribution in [0.2, 0.25) is 0 Å². The lowest BCUT2D eigenvalue weighted by Gasteiger charge is -2.11. The largest absolute Gasteiger partial charge is 0.418 e. The monoisotopic (exact) mass is 542 g/mol. The highest BCUT2D eigenvalue weighted by Gasteiger charge is 2.33. The first-order valence-corrected chi connectivity index (χ1v) is 13.1. The van der Waals surface area contributed by atoms with Gasteiger partial charge >= 0.3 is 6.18 Å². The van der Waals surface area contributed by atoms with E-state index in [1.807, 2.05) is 103 Å². The van der Waals surface area contributed by atoms with E-state index in [4.69, 9.17) is 0 Å². The SMILES string of the molecule is CN(C)c1ccc(C=Nn2c(-c3ccc(-c4ccccc4)cc3)csc2=Nc2ccccc2C(F)(F)F)cc1. The molecule has 39 heavy (non-hydrogen) atoms. The van der Waals surface area contributed by atoms with Crippen LogP contribution in [0.15, 0.2) is 119 Å². The van der Waals surface area contributed by atoms with Crippen LogP contribution in [0, 0.1) is 0 Å². The van der Waals surface area contributed by atoms with Gasteiger partial charge in [-0.25, -0.2) is 9.67 Å². The van der Waals surface area contributed by atoms with Crippen LogP contribution in [0.5, 0.6) is 0 Å². The van der Waals surface area contributed by atoms with E-state index in [0.717, 1.165) is 39.7 Å². The van der Waals surface area contributed by atoms with Gasteiger partial charge in [0.2, 0.25) is 4.80 Å². The first-order chi connectivity index (χ1) is 18.8. The van der Waals surface area contributed by atoms with Gasteiger partial charge in [-0.1, -0.05) is 78.9 Å². The Kier molecular flexibility index (Phi) is 7.47. The summed E-state index contributed by atoms with van der Waals surface area (Å²) < 4.78 is 42.6. The topological polar surface area (TPSA) is 32.9 Å². The summed E-state index contributed by atoms with van der Waals surface area (Å²) in [6.07, 6.45) is -2.83. The summed E-state index contributed by atoms with van der Waals surface area (Å²) in [7, 11) is 3.93. The third-order valence-corrected chi connectivity index (χ3v) is 6.95. The van der Waals surface area contributed by atoms with E-state index in [9.17, 15) is 13.2 Å². The summed E-state index contributed by atoms with van der Waals surface area (Å²) in [4.78, 5) is 6.74. The Bertz CT molecular complexity index is 1650. The fraction of sp³-hybridized carbons (Fsp3) is 0.0968. The second kappa shape index (κ2) is 11.1. The molecule has 0 aliphatic carbocycles. The number of para-hydroxylation sites is 1. The first-order valence-electron chi connectivity index (χ1n) is 12.2. The maximum Gasteiger partial charge on any atom is 0.418 e. The lowest BCUT2D eigenvalue weighted by molar-refractivity contribution is -0.137. The van der Waals surface area contributed by atoms with Gasteiger partial charge in [-0.05, 0) is 41.0 Å². The number of halogens is 3. The van der Waals surface area contributed by atoms with E-state index in [-0.39, 0.29) is 5.69 Å². The molecule has 0 saturated carbocycles. The normalized spacial score (nSPS) is 12.3. The highest BCUT2D eigenvalue weighted by molar-refractivity contribution is 7.07. The first kappa shape index (κ1) is 26.2. The minimum atomic E-state index is -4.52. The van der Waals surface area contributed by atoms with E-state index in [1.165, 1.54) is 23.5 Å². The average Bonchev–Trinajstić information content (AvgIpc) is 3.34. The smallest absolute Gasteiger partial charge is 0.378 e. The molecule has 0 radical (unpaired) electrons. The fourth-order valence-electron chi connectivity index (χ4n) is 4.05. The predicted molar refractivity (Wildman–Crippen MR) is 154 cm³/mol. The molecule has 0 fully saturated rings. The lowest BCUT2D eigenvalue weighted by Crippen LogP contribution is -2.13. The third-order valence-electron chi connectivity index (χ3n) is 6.13. The van der Waals surface area contributed by atoms with Crippen molar-refractivity contribution in [3.8, 4) is 22.4 Å². The molecule has 8 heteroatoms. The van der Waals surface area contributed by atoms with Gasteiger partial charge in [0.05, 0.1) is 23.2 Å². The van der Waals surface area contributed by atoms with Crippen molar-refractivity contribution in [2.75, 3.05) is 19.0 Å². The van der Waals surface area contributed by atoms with Crippen molar-refractivity contribution >= 4 is 28.9 Å². The zero-order chi connectivity index (χ0) is 27.4. The number of thiazole rings is 1. The Morgan fingerprint density at radius 3 is 2.03 bits per heavy atom. The molecule has 0 amide bonds. The number of nitrogens with zero attached hydrogens (tertiary/aromatic N) is 4. The number of alkyl halides is 3. The molecule has 0 saturated heterocycles. The number of aromatic nitrogens is 1. The average molecular weight is 543 g/mol. The van der Waals surface area contributed by atoms with Gasteiger partial charge in [-0.15, -0.1) is 11.3 Å². The Labute approximate surface area is 228 Å². The molecule has 196 valence electrons.